The first-order valence-corrected chi connectivity index (χ1v) is 8.43. The highest BCUT2D eigenvalue weighted by atomic mass is 35.5. The predicted octanol–water partition coefficient (Wildman–Crippen LogP) is 4.58. The number of nitro groups is 1. The largest absolute Gasteiger partial charge is 0.805 e. The van der Waals surface area contributed by atoms with Crippen LogP contribution in [0.3, 0.4) is 0 Å². The topological polar surface area (TPSA) is 94.1 Å². The molecular formula is C15H9Cl2N3O4S. The molecule has 3 rings (SSSR count). The van der Waals surface area contributed by atoms with Crippen LogP contribution in [-0.2, 0) is 0 Å². The molecule has 1 heterocycles. The van der Waals surface area contributed by atoms with Gasteiger partial charge in [0, 0.05) is 28.0 Å². The van der Waals surface area contributed by atoms with Crippen LogP contribution in [0.25, 0.3) is 11.0 Å². The third-order valence-electron chi connectivity index (χ3n) is 3.52. The minimum absolute atomic E-state index is 0.0603. The Balaban J connectivity index is 2.14. The average molecular weight is 398 g/mol. The van der Waals surface area contributed by atoms with Crippen molar-refractivity contribution in [1.29, 1.82) is 0 Å². The summed E-state index contributed by atoms with van der Waals surface area (Å²) < 4.78 is 1.22. The Bertz CT molecular complexity index is 1070. The van der Waals surface area contributed by atoms with Gasteiger partial charge in [-0.3, -0.25) is 10.1 Å². The standard InChI is InChI=1S/C15H9Cl2N3O4S/c1-8-15(25-10-4-2-9(3-5-10)20(23)24)19(22)14-7-12(17)11(16)6-13(14)18(8)21/h2-7H,1H3. The molecule has 0 atom stereocenters. The fraction of sp³-hybridized carbons (Fsp3) is 0.0667. The van der Waals surface area contributed by atoms with Gasteiger partial charge in [0.2, 0.25) is 0 Å². The molecule has 1 aromatic heterocycles. The molecule has 2 aromatic carbocycles. The first-order chi connectivity index (χ1) is 11.8. The van der Waals surface area contributed by atoms with E-state index in [9.17, 15) is 20.2 Å². The normalized spacial score (nSPS) is 11.0. The lowest BCUT2D eigenvalue weighted by Crippen LogP contribution is -2.23. The zero-order chi connectivity index (χ0) is 18.3. The maximum atomic E-state index is 12.7. The van der Waals surface area contributed by atoms with Crippen LogP contribution in [0.15, 0.2) is 46.3 Å². The van der Waals surface area contributed by atoms with Crippen LogP contribution in [0.1, 0.15) is 5.69 Å². The minimum Gasteiger partial charge on any atom is -0.805 e. The molecule has 128 valence electrons. The van der Waals surface area contributed by atoms with Crippen LogP contribution in [0, 0.1) is 27.2 Å². The van der Waals surface area contributed by atoms with E-state index in [1.807, 2.05) is 0 Å². The quantitative estimate of drug-likeness (QED) is 0.366. The number of non-ortho nitro benzene ring substituents is 1. The summed E-state index contributed by atoms with van der Waals surface area (Å²) in [6.07, 6.45) is 0. The molecule has 0 bridgehead atoms. The first kappa shape index (κ1) is 17.5. The fourth-order valence-electron chi connectivity index (χ4n) is 2.24. The summed E-state index contributed by atoms with van der Waals surface area (Å²) in [4.78, 5) is 23.5. The lowest BCUT2D eigenvalue weighted by molar-refractivity contribution is -0.510. The van der Waals surface area contributed by atoms with Crippen LogP contribution in [-0.4, -0.2) is 9.65 Å². The summed E-state index contributed by atoms with van der Waals surface area (Å²) in [5.74, 6) is 0. The van der Waals surface area contributed by atoms with Gasteiger partial charge in [-0.2, -0.15) is 0 Å². The van der Waals surface area contributed by atoms with Crippen molar-refractivity contribution in [3.8, 4) is 0 Å². The summed E-state index contributed by atoms with van der Waals surface area (Å²) in [6.45, 7) is 1.51. The molecule has 0 fully saturated rings. The van der Waals surface area contributed by atoms with E-state index in [0.717, 1.165) is 11.8 Å². The van der Waals surface area contributed by atoms with Crippen LogP contribution in [0.2, 0.25) is 10.0 Å². The Morgan fingerprint density at radius 3 is 2.36 bits per heavy atom. The SMILES string of the molecule is Cc1c(Sc2ccc([N+](=O)[O-])cc2)[n+](=O)c2cc(Cl)c(Cl)cc2n1[O-]. The fourth-order valence-corrected chi connectivity index (χ4v) is 3.46. The number of benzene rings is 2. The van der Waals surface area contributed by atoms with Crippen molar-refractivity contribution in [2.75, 3.05) is 0 Å². The Morgan fingerprint density at radius 1 is 1.16 bits per heavy atom. The highest BCUT2D eigenvalue weighted by Gasteiger charge is 2.23. The third-order valence-corrected chi connectivity index (χ3v) is 5.40. The number of nitro benzene ring substituents is 1. The average Bonchev–Trinajstić information content (AvgIpc) is 2.59. The molecule has 0 aliphatic carbocycles. The maximum Gasteiger partial charge on any atom is 0.320 e. The molecule has 25 heavy (non-hydrogen) atoms. The van der Waals surface area contributed by atoms with Crippen LogP contribution < -0.4 is 4.43 Å². The van der Waals surface area contributed by atoms with Crippen molar-refractivity contribution in [2.45, 2.75) is 16.8 Å². The lowest BCUT2D eigenvalue weighted by atomic mass is 10.3. The van der Waals surface area contributed by atoms with Crippen molar-refractivity contribution in [1.82, 2.24) is 4.73 Å². The van der Waals surface area contributed by atoms with Gasteiger partial charge in [0.25, 0.3) is 11.2 Å². The summed E-state index contributed by atoms with van der Waals surface area (Å²) in [6, 6.07) is 8.35. The number of halogens is 2. The molecule has 3 aromatic rings. The van der Waals surface area contributed by atoms with E-state index >= 15 is 0 Å². The summed E-state index contributed by atoms with van der Waals surface area (Å²) >= 11 is 12.9. The third kappa shape index (κ3) is 3.15. The van der Waals surface area contributed by atoms with E-state index in [-0.39, 0.29) is 37.5 Å². The monoisotopic (exact) mass is 397 g/mol. The van der Waals surface area contributed by atoms with Gasteiger partial charge in [0.1, 0.15) is 5.52 Å². The molecule has 0 saturated carbocycles. The molecule has 0 saturated heterocycles. The van der Waals surface area contributed by atoms with E-state index in [1.54, 1.807) is 0 Å². The molecule has 0 amide bonds. The van der Waals surface area contributed by atoms with Gasteiger partial charge in [-0.25, -0.2) is 0 Å². The number of aromatic nitrogens is 2. The van der Waals surface area contributed by atoms with E-state index < -0.39 is 4.92 Å². The molecule has 0 radical (unpaired) electrons. The molecular weight excluding hydrogens is 389 g/mol. The Kier molecular flexibility index (Phi) is 4.59. The molecule has 7 nitrogen and oxygen atoms in total. The smallest absolute Gasteiger partial charge is 0.320 e. The summed E-state index contributed by atoms with van der Waals surface area (Å²) in [7, 11) is 0. The van der Waals surface area contributed by atoms with E-state index in [1.165, 1.54) is 43.3 Å². The van der Waals surface area contributed by atoms with Crippen molar-refractivity contribution in [3.05, 3.63) is 72.4 Å². The van der Waals surface area contributed by atoms with Gasteiger partial charge in [0.15, 0.2) is 0 Å². The van der Waals surface area contributed by atoms with E-state index in [2.05, 4.69) is 0 Å². The number of fused-ring (bicyclic) bond motifs is 1. The van der Waals surface area contributed by atoms with Gasteiger partial charge < -0.3 is 9.94 Å². The zero-order valence-corrected chi connectivity index (χ0v) is 14.9. The molecule has 0 aliphatic heterocycles. The van der Waals surface area contributed by atoms with Crippen LogP contribution in [0.4, 0.5) is 5.69 Å². The molecule has 0 spiro atoms. The summed E-state index contributed by atoms with van der Waals surface area (Å²) in [5, 5.41) is 23.6. The number of rotatable bonds is 3. The second-order valence-corrected chi connectivity index (χ2v) is 6.96. The highest BCUT2D eigenvalue weighted by Crippen LogP contribution is 2.32. The highest BCUT2D eigenvalue weighted by molar-refractivity contribution is 7.99. The maximum absolute atomic E-state index is 12.7. The zero-order valence-electron chi connectivity index (χ0n) is 12.6. The summed E-state index contributed by atoms with van der Waals surface area (Å²) in [5.41, 5.74) is 0.313. The van der Waals surface area contributed by atoms with Gasteiger partial charge >= 0.3 is 5.03 Å². The van der Waals surface area contributed by atoms with E-state index in [0.29, 0.717) is 14.1 Å². The Morgan fingerprint density at radius 2 is 1.76 bits per heavy atom. The van der Waals surface area contributed by atoms with Gasteiger partial charge in [-0.15, -0.1) is 0 Å². The number of hydrogen-bond donors (Lipinski definition) is 0. The number of hydrogen-bond acceptors (Lipinski definition) is 5. The van der Waals surface area contributed by atoms with Gasteiger partial charge in [0.05, 0.1) is 25.1 Å². The van der Waals surface area contributed by atoms with Gasteiger partial charge in [-0.1, -0.05) is 23.2 Å². The number of nitrogens with zero attached hydrogens (tertiary/aromatic N) is 3. The minimum atomic E-state index is -0.513. The van der Waals surface area contributed by atoms with E-state index in [4.69, 9.17) is 23.2 Å². The lowest BCUT2D eigenvalue weighted by Gasteiger charge is -2.16. The molecule has 0 aliphatic rings. The second kappa shape index (κ2) is 6.55. The van der Waals surface area contributed by atoms with Crippen LogP contribution >= 0.6 is 35.0 Å². The van der Waals surface area contributed by atoms with Crippen LogP contribution in [0.5, 0.6) is 0 Å². The second-order valence-electron chi connectivity index (χ2n) is 5.09. The first-order valence-electron chi connectivity index (χ1n) is 6.86. The van der Waals surface area contributed by atoms with Crippen molar-refractivity contribution < 1.29 is 9.35 Å². The van der Waals surface area contributed by atoms with Crippen molar-refractivity contribution >= 4 is 51.7 Å². The molecule has 0 unspecified atom stereocenters. The Labute approximate surface area is 155 Å². The predicted molar refractivity (Wildman–Crippen MR) is 96.0 cm³/mol. The molecule has 0 N–H and O–H groups in total. The van der Waals surface area contributed by atoms with Crippen molar-refractivity contribution in [3.63, 3.8) is 0 Å². The van der Waals surface area contributed by atoms with Crippen molar-refractivity contribution in [2.24, 2.45) is 0 Å². The Hall–Kier alpha value is -2.29. The molecule has 10 heteroatoms. The van der Waals surface area contributed by atoms with Gasteiger partial charge in [-0.05, 0) is 36.9 Å².